The van der Waals surface area contributed by atoms with Crippen LogP contribution in [0.4, 0.5) is 10.8 Å². The topological polar surface area (TPSA) is 68.0 Å². The summed E-state index contributed by atoms with van der Waals surface area (Å²) in [5, 5.41) is 5.28. The Morgan fingerprint density at radius 3 is 2.67 bits per heavy atom. The molecule has 1 aromatic heterocycles. The molecule has 104 valence electrons. The highest BCUT2D eigenvalue weighted by Gasteiger charge is 2.10. The molecule has 3 rings (SSSR count). The van der Waals surface area contributed by atoms with Crippen molar-refractivity contribution >= 4 is 28.1 Å². The van der Waals surface area contributed by atoms with Gasteiger partial charge in [-0.05, 0) is 18.2 Å². The summed E-state index contributed by atoms with van der Waals surface area (Å²) < 4.78 is 0. The van der Waals surface area contributed by atoms with Crippen molar-refractivity contribution in [2.24, 2.45) is 0 Å². The van der Waals surface area contributed by atoms with Crippen molar-refractivity contribution < 1.29 is 4.79 Å². The van der Waals surface area contributed by atoms with Crippen LogP contribution in [0.3, 0.4) is 0 Å². The van der Waals surface area contributed by atoms with Gasteiger partial charge in [-0.2, -0.15) is 0 Å². The Balaban J connectivity index is 1.77. The monoisotopic (exact) mass is 295 g/mol. The molecule has 5 heteroatoms. The molecule has 0 fully saturated rings. The summed E-state index contributed by atoms with van der Waals surface area (Å²) in [6.45, 7) is 0. The summed E-state index contributed by atoms with van der Waals surface area (Å²) in [5.41, 5.74) is 8.64. The standard InChI is InChI=1S/C16H13N3OS/c17-13-8-4-7-12(9-13)15(20)19-16-18-14(10-21-16)11-5-2-1-3-6-11/h1-10H,17H2,(H,18,19,20). The number of benzene rings is 2. The molecule has 0 radical (unpaired) electrons. The van der Waals surface area contributed by atoms with Gasteiger partial charge >= 0.3 is 0 Å². The molecule has 0 aliphatic heterocycles. The van der Waals surface area contributed by atoms with Crippen molar-refractivity contribution in [3.63, 3.8) is 0 Å². The van der Waals surface area contributed by atoms with E-state index in [0.717, 1.165) is 11.3 Å². The Bertz CT molecular complexity index is 768. The maximum atomic E-state index is 12.1. The van der Waals surface area contributed by atoms with Gasteiger partial charge in [-0.3, -0.25) is 10.1 Å². The number of hydrogen-bond acceptors (Lipinski definition) is 4. The molecule has 21 heavy (non-hydrogen) atoms. The first-order valence-electron chi connectivity index (χ1n) is 6.40. The summed E-state index contributed by atoms with van der Waals surface area (Å²) in [6, 6.07) is 16.7. The zero-order valence-corrected chi connectivity index (χ0v) is 11.9. The summed E-state index contributed by atoms with van der Waals surface area (Å²) in [5.74, 6) is -0.212. The van der Waals surface area contributed by atoms with E-state index in [2.05, 4.69) is 10.3 Å². The number of nitrogen functional groups attached to an aromatic ring is 1. The Kier molecular flexibility index (Phi) is 3.66. The van der Waals surface area contributed by atoms with Crippen LogP contribution in [0.5, 0.6) is 0 Å². The molecular formula is C16H13N3OS. The number of carbonyl (C=O) groups is 1. The quantitative estimate of drug-likeness (QED) is 0.725. The van der Waals surface area contributed by atoms with Gasteiger partial charge in [0.25, 0.3) is 5.91 Å². The SMILES string of the molecule is Nc1cccc(C(=O)Nc2nc(-c3ccccc3)cs2)c1. The van der Waals surface area contributed by atoms with Gasteiger partial charge in [0.05, 0.1) is 5.69 Å². The fourth-order valence-corrected chi connectivity index (χ4v) is 2.64. The van der Waals surface area contributed by atoms with Crippen LogP contribution in [-0.4, -0.2) is 10.9 Å². The molecule has 0 unspecified atom stereocenters. The number of anilines is 2. The van der Waals surface area contributed by atoms with Gasteiger partial charge in [0.15, 0.2) is 5.13 Å². The van der Waals surface area contributed by atoms with E-state index in [-0.39, 0.29) is 5.91 Å². The Labute approximate surface area is 126 Å². The first-order valence-corrected chi connectivity index (χ1v) is 7.28. The van der Waals surface area contributed by atoms with E-state index in [0.29, 0.717) is 16.4 Å². The van der Waals surface area contributed by atoms with Crippen LogP contribution in [-0.2, 0) is 0 Å². The van der Waals surface area contributed by atoms with Crippen LogP contribution < -0.4 is 11.1 Å². The lowest BCUT2D eigenvalue weighted by Gasteiger charge is -2.02. The van der Waals surface area contributed by atoms with Crippen LogP contribution in [0, 0.1) is 0 Å². The first-order chi connectivity index (χ1) is 10.2. The molecule has 0 saturated heterocycles. The maximum Gasteiger partial charge on any atom is 0.257 e. The first kappa shape index (κ1) is 13.3. The van der Waals surface area contributed by atoms with Crippen LogP contribution in [0.2, 0.25) is 0 Å². The number of nitrogens with two attached hydrogens (primary N) is 1. The molecule has 3 aromatic rings. The number of carbonyl (C=O) groups excluding carboxylic acids is 1. The van der Waals surface area contributed by atoms with Gasteiger partial charge in [-0.1, -0.05) is 36.4 Å². The summed E-state index contributed by atoms with van der Waals surface area (Å²) in [4.78, 5) is 16.5. The zero-order chi connectivity index (χ0) is 14.7. The predicted molar refractivity (Wildman–Crippen MR) is 86.4 cm³/mol. The van der Waals surface area contributed by atoms with E-state index in [4.69, 9.17) is 5.73 Å². The number of aromatic nitrogens is 1. The van der Waals surface area contributed by atoms with Crippen molar-refractivity contribution in [1.82, 2.24) is 4.98 Å². The third-order valence-electron chi connectivity index (χ3n) is 2.94. The molecule has 0 aliphatic carbocycles. The van der Waals surface area contributed by atoms with Gasteiger partial charge in [-0.25, -0.2) is 4.98 Å². The van der Waals surface area contributed by atoms with E-state index in [9.17, 15) is 4.79 Å². The summed E-state index contributed by atoms with van der Waals surface area (Å²) in [7, 11) is 0. The average Bonchev–Trinajstić information content (AvgIpc) is 2.97. The number of amides is 1. The normalized spacial score (nSPS) is 10.3. The van der Waals surface area contributed by atoms with Crippen LogP contribution in [0.1, 0.15) is 10.4 Å². The largest absolute Gasteiger partial charge is 0.399 e. The number of rotatable bonds is 3. The fourth-order valence-electron chi connectivity index (χ4n) is 1.92. The smallest absolute Gasteiger partial charge is 0.257 e. The van der Waals surface area contributed by atoms with E-state index < -0.39 is 0 Å². The average molecular weight is 295 g/mol. The Hall–Kier alpha value is -2.66. The van der Waals surface area contributed by atoms with Crippen LogP contribution in [0.25, 0.3) is 11.3 Å². The van der Waals surface area contributed by atoms with E-state index in [1.807, 2.05) is 35.7 Å². The molecule has 1 amide bonds. The van der Waals surface area contributed by atoms with Crippen LogP contribution >= 0.6 is 11.3 Å². The molecular weight excluding hydrogens is 282 g/mol. The number of nitrogens with one attached hydrogen (secondary N) is 1. The molecule has 2 aromatic carbocycles. The third-order valence-corrected chi connectivity index (χ3v) is 3.70. The Morgan fingerprint density at radius 2 is 1.90 bits per heavy atom. The van der Waals surface area contributed by atoms with E-state index >= 15 is 0 Å². The summed E-state index contributed by atoms with van der Waals surface area (Å²) >= 11 is 1.40. The second kappa shape index (κ2) is 5.76. The molecule has 0 bridgehead atoms. The lowest BCUT2D eigenvalue weighted by Crippen LogP contribution is -2.11. The van der Waals surface area contributed by atoms with Crippen molar-refractivity contribution in [2.45, 2.75) is 0 Å². The molecule has 3 N–H and O–H groups in total. The third kappa shape index (κ3) is 3.09. The molecule has 0 atom stereocenters. The predicted octanol–water partition coefficient (Wildman–Crippen LogP) is 3.64. The zero-order valence-electron chi connectivity index (χ0n) is 11.1. The van der Waals surface area contributed by atoms with Gasteiger partial charge < -0.3 is 5.73 Å². The number of thiazole rings is 1. The van der Waals surface area contributed by atoms with Crippen molar-refractivity contribution in [2.75, 3.05) is 11.1 Å². The highest BCUT2D eigenvalue weighted by atomic mass is 32.1. The molecule has 4 nitrogen and oxygen atoms in total. The lowest BCUT2D eigenvalue weighted by molar-refractivity contribution is 0.102. The van der Waals surface area contributed by atoms with E-state index in [1.54, 1.807) is 24.3 Å². The van der Waals surface area contributed by atoms with E-state index in [1.165, 1.54) is 11.3 Å². The molecule has 0 spiro atoms. The molecule has 0 aliphatic rings. The fraction of sp³-hybridized carbons (Fsp3) is 0. The second-order valence-electron chi connectivity index (χ2n) is 4.48. The van der Waals surface area contributed by atoms with Gasteiger partial charge in [0.1, 0.15) is 0 Å². The second-order valence-corrected chi connectivity index (χ2v) is 5.34. The highest BCUT2D eigenvalue weighted by Crippen LogP contribution is 2.25. The highest BCUT2D eigenvalue weighted by molar-refractivity contribution is 7.14. The van der Waals surface area contributed by atoms with Gasteiger partial charge in [0, 0.05) is 22.2 Å². The van der Waals surface area contributed by atoms with Crippen molar-refractivity contribution in [1.29, 1.82) is 0 Å². The number of nitrogens with zero attached hydrogens (tertiary/aromatic N) is 1. The lowest BCUT2D eigenvalue weighted by atomic mass is 10.2. The van der Waals surface area contributed by atoms with Gasteiger partial charge in [-0.15, -0.1) is 11.3 Å². The minimum atomic E-state index is -0.212. The summed E-state index contributed by atoms with van der Waals surface area (Å²) in [6.07, 6.45) is 0. The van der Waals surface area contributed by atoms with Gasteiger partial charge in [0.2, 0.25) is 0 Å². The minimum absolute atomic E-state index is 0.212. The minimum Gasteiger partial charge on any atom is -0.399 e. The Morgan fingerprint density at radius 1 is 1.10 bits per heavy atom. The van der Waals surface area contributed by atoms with Crippen LogP contribution in [0.15, 0.2) is 60.0 Å². The molecule has 0 saturated carbocycles. The van der Waals surface area contributed by atoms with Crippen molar-refractivity contribution in [3.05, 3.63) is 65.5 Å². The maximum absolute atomic E-state index is 12.1. The number of hydrogen-bond donors (Lipinski definition) is 2. The molecule has 1 heterocycles. The van der Waals surface area contributed by atoms with Crippen molar-refractivity contribution in [3.8, 4) is 11.3 Å².